The fraction of sp³-hybridized carbons (Fsp3) is 0.667. The molecule has 0 aromatic heterocycles. The molecule has 0 bridgehead atoms. The summed E-state index contributed by atoms with van der Waals surface area (Å²) >= 11 is 0. The lowest BCUT2D eigenvalue weighted by molar-refractivity contribution is -0.118. The van der Waals surface area contributed by atoms with Gasteiger partial charge in [0.05, 0.1) is 6.04 Å². The van der Waals surface area contributed by atoms with Crippen molar-refractivity contribution in [1.29, 1.82) is 0 Å². The summed E-state index contributed by atoms with van der Waals surface area (Å²) in [5.41, 5.74) is 0. The zero-order chi connectivity index (χ0) is 9.78. The zero-order valence-electron chi connectivity index (χ0n) is 6.83. The van der Waals surface area contributed by atoms with E-state index in [1.165, 1.54) is 13.2 Å². The topological polar surface area (TPSA) is 80.3 Å². The second kappa shape index (κ2) is 4.20. The monoisotopic (exact) mass is 192 g/mol. The van der Waals surface area contributed by atoms with Crippen molar-refractivity contribution in [3.05, 3.63) is 0 Å². The van der Waals surface area contributed by atoms with Crippen LogP contribution in [0.2, 0.25) is 0 Å². The summed E-state index contributed by atoms with van der Waals surface area (Å²) in [5.74, 6) is -1.28. The van der Waals surface area contributed by atoms with Gasteiger partial charge in [0.15, 0.2) is 9.84 Å². The molecule has 0 heterocycles. The second-order valence-electron chi connectivity index (χ2n) is 2.48. The molecule has 0 aliphatic rings. The summed E-state index contributed by atoms with van der Waals surface area (Å²) < 4.78 is 21.1. The molecule has 12 heavy (non-hydrogen) atoms. The van der Waals surface area contributed by atoms with Gasteiger partial charge in [0.1, 0.15) is 5.75 Å². The molecule has 1 atom stereocenters. The summed E-state index contributed by atoms with van der Waals surface area (Å²) in [5, 5.41) is 2.14. The van der Waals surface area contributed by atoms with E-state index in [2.05, 4.69) is 5.32 Å². The first kappa shape index (κ1) is 11.1. The first-order valence-corrected chi connectivity index (χ1v) is 5.26. The van der Waals surface area contributed by atoms with E-state index >= 15 is 0 Å². The third-order valence-electron chi connectivity index (χ3n) is 0.948. The minimum absolute atomic E-state index is 0.598. The molecular formula is C6H10NO4S. The highest BCUT2D eigenvalue weighted by atomic mass is 32.2. The van der Waals surface area contributed by atoms with Crippen LogP contribution in [0, 0.1) is 0 Å². The number of hydrogen-bond acceptors (Lipinski definition) is 4. The molecule has 0 unspecified atom stereocenters. The van der Waals surface area contributed by atoms with Crippen LogP contribution in [0.3, 0.4) is 0 Å². The van der Waals surface area contributed by atoms with Gasteiger partial charge in [0.2, 0.25) is 12.2 Å². The highest BCUT2D eigenvalue weighted by Crippen LogP contribution is 1.83. The van der Waals surface area contributed by atoms with Gasteiger partial charge < -0.3 is 5.32 Å². The van der Waals surface area contributed by atoms with Crippen LogP contribution in [0.1, 0.15) is 6.92 Å². The number of rotatable bonds is 4. The summed E-state index contributed by atoms with van der Waals surface area (Å²) in [6, 6.07) is -0.765. The summed E-state index contributed by atoms with van der Waals surface area (Å²) in [6.07, 6.45) is 2.45. The molecule has 1 amide bonds. The quantitative estimate of drug-likeness (QED) is 0.597. The van der Waals surface area contributed by atoms with Crippen molar-refractivity contribution in [3.8, 4) is 0 Å². The van der Waals surface area contributed by atoms with Crippen molar-refractivity contribution >= 4 is 22.0 Å². The molecular weight excluding hydrogens is 182 g/mol. The first-order valence-electron chi connectivity index (χ1n) is 3.20. The van der Waals surface area contributed by atoms with Gasteiger partial charge in [0, 0.05) is 6.26 Å². The lowest BCUT2D eigenvalue weighted by Gasteiger charge is -2.04. The molecule has 0 aromatic rings. The first-order chi connectivity index (χ1) is 5.35. The van der Waals surface area contributed by atoms with Crippen LogP contribution in [0.5, 0.6) is 0 Å². The van der Waals surface area contributed by atoms with Crippen LogP contribution < -0.4 is 5.32 Å². The number of nitrogens with one attached hydrogen (secondary N) is 1. The maximum Gasteiger partial charge on any atom is 0.235 e. The van der Waals surface area contributed by atoms with E-state index < -0.39 is 27.5 Å². The molecule has 0 aromatic carbocycles. The molecule has 69 valence electrons. The maximum atomic E-state index is 10.8. The Labute approximate surface area is 71.1 Å². The van der Waals surface area contributed by atoms with Crippen molar-refractivity contribution < 1.29 is 18.0 Å². The highest BCUT2D eigenvalue weighted by molar-refractivity contribution is 7.91. The van der Waals surface area contributed by atoms with Crippen molar-refractivity contribution in [2.24, 2.45) is 0 Å². The van der Waals surface area contributed by atoms with Gasteiger partial charge in [-0.05, 0) is 6.92 Å². The van der Waals surface area contributed by atoms with E-state index in [4.69, 9.17) is 0 Å². The van der Waals surface area contributed by atoms with Crippen molar-refractivity contribution in [2.45, 2.75) is 13.0 Å². The Bertz CT molecular complexity index is 269. The van der Waals surface area contributed by atoms with Crippen LogP contribution in [0.25, 0.3) is 0 Å². The number of carbonyl (C=O) groups excluding carboxylic acids is 2. The highest BCUT2D eigenvalue weighted by Gasteiger charge is 2.12. The number of hydrogen-bond donors (Lipinski definition) is 1. The molecule has 0 fully saturated rings. The number of carbonyl (C=O) groups is 1. The minimum atomic E-state index is -3.32. The molecule has 0 rings (SSSR count). The largest absolute Gasteiger partial charge is 0.345 e. The minimum Gasteiger partial charge on any atom is -0.345 e. The Balaban J connectivity index is 4.00. The molecule has 0 saturated heterocycles. The molecule has 0 aliphatic heterocycles. The average molecular weight is 192 g/mol. The zero-order valence-corrected chi connectivity index (χ0v) is 7.64. The van der Waals surface area contributed by atoms with Crippen molar-refractivity contribution in [1.82, 2.24) is 5.32 Å². The Morgan fingerprint density at radius 3 is 2.42 bits per heavy atom. The fourth-order valence-corrected chi connectivity index (χ4v) is 1.11. The van der Waals surface area contributed by atoms with E-state index in [1.54, 1.807) is 0 Å². The van der Waals surface area contributed by atoms with E-state index in [1.807, 2.05) is 0 Å². The molecule has 5 nitrogen and oxygen atoms in total. The van der Waals surface area contributed by atoms with E-state index in [9.17, 15) is 18.0 Å². The smallest absolute Gasteiger partial charge is 0.235 e. The van der Waals surface area contributed by atoms with Gasteiger partial charge in [-0.1, -0.05) is 0 Å². The summed E-state index contributed by atoms with van der Waals surface area (Å²) in [7, 11) is -3.32. The van der Waals surface area contributed by atoms with Gasteiger partial charge >= 0.3 is 0 Å². The van der Waals surface area contributed by atoms with Crippen LogP contribution in [-0.4, -0.2) is 38.7 Å². The third-order valence-corrected chi connectivity index (χ3v) is 1.73. The molecule has 0 saturated carbocycles. The Hall–Kier alpha value is -0.910. The van der Waals surface area contributed by atoms with E-state index in [-0.39, 0.29) is 0 Å². The van der Waals surface area contributed by atoms with Crippen LogP contribution >= 0.6 is 0 Å². The van der Waals surface area contributed by atoms with Crippen molar-refractivity contribution in [2.75, 3.05) is 12.0 Å². The normalized spacial score (nSPS) is 13.5. The Morgan fingerprint density at radius 1 is 1.58 bits per heavy atom. The Kier molecular flexibility index (Phi) is 3.88. The summed E-state index contributed by atoms with van der Waals surface area (Å²) in [4.78, 5) is 20.7. The molecule has 1 N–H and O–H groups in total. The van der Waals surface area contributed by atoms with Crippen LogP contribution in [0.15, 0.2) is 0 Å². The second-order valence-corrected chi connectivity index (χ2v) is 4.62. The van der Waals surface area contributed by atoms with Crippen LogP contribution in [-0.2, 0) is 19.4 Å². The average Bonchev–Trinajstić information content (AvgIpc) is 1.82. The van der Waals surface area contributed by atoms with Crippen molar-refractivity contribution in [3.63, 3.8) is 0 Å². The SMILES string of the molecule is C[C@@H]([C]=O)NC(=O)CS(C)(=O)=O. The van der Waals surface area contributed by atoms with E-state index in [0.29, 0.717) is 0 Å². The lowest BCUT2D eigenvalue weighted by atomic mass is 10.4. The predicted molar refractivity (Wildman–Crippen MR) is 43.0 cm³/mol. The lowest BCUT2D eigenvalue weighted by Crippen LogP contribution is -2.37. The fourth-order valence-electron chi connectivity index (χ4n) is 0.551. The van der Waals surface area contributed by atoms with E-state index in [0.717, 1.165) is 6.26 Å². The van der Waals surface area contributed by atoms with Gasteiger partial charge in [-0.2, -0.15) is 0 Å². The Morgan fingerprint density at radius 2 is 2.08 bits per heavy atom. The van der Waals surface area contributed by atoms with Gasteiger partial charge in [0.25, 0.3) is 0 Å². The third kappa shape index (κ3) is 5.84. The van der Waals surface area contributed by atoms with Gasteiger partial charge in [-0.15, -0.1) is 0 Å². The van der Waals surface area contributed by atoms with Crippen LogP contribution in [0.4, 0.5) is 0 Å². The molecule has 0 aliphatic carbocycles. The predicted octanol–water partition coefficient (Wildman–Crippen LogP) is -1.35. The molecule has 1 radical (unpaired) electrons. The van der Waals surface area contributed by atoms with Gasteiger partial charge in [-0.25, -0.2) is 8.42 Å². The molecule has 6 heteroatoms. The molecule has 0 spiro atoms. The standard InChI is InChI=1S/C6H10NO4S/c1-5(3-8)7-6(9)4-12(2,10)11/h5H,4H2,1-2H3,(H,7,9)/t5-/m0/s1. The number of sulfone groups is 1. The van der Waals surface area contributed by atoms with Gasteiger partial charge in [-0.3, -0.25) is 9.59 Å². The number of amides is 1. The maximum absolute atomic E-state index is 10.8. The summed E-state index contributed by atoms with van der Waals surface area (Å²) in [6.45, 7) is 1.41.